The standard InChI is InChI=1S/C7H7N3O4/c8-5(12)1-10-7-6(13-3-14-7)4(2-11)9-10/h2H,1,3H2,(H2,8,12). The average molecular weight is 197 g/mol. The van der Waals surface area contributed by atoms with Crippen molar-refractivity contribution in [1.29, 1.82) is 0 Å². The Labute approximate surface area is 78.4 Å². The molecule has 0 bridgehead atoms. The lowest BCUT2D eigenvalue weighted by Gasteiger charge is -1.99. The Balaban J connectivity index is 2.41. The number of carbonyl (C=O) groups is 2. The van der Waals surface area contributed by atoms with Gasteiger partial charge in [-0.05, 0) is 0 Å². The second kappa shape index (κ2) is 3.02. The van der Waals surface area contributed by atoms with Gasteiger partial charge in [0.25, 0.3) is 5.88 Å². The molecule has 0 atom stereocenters. The molecular weight excluding hydrogens is 190 g/mol. The zero-order valence-electron chi connectivity index (χ0n) is 7.10. The number of hydrogen-bond acceptors (Lipinski definition) is 5. The maximum absolute atomic E-state index is 10.6. The first-order valence-corrected chi connectivity index (χ1v) is 3.82. The summed E-state index contributed by atoms with van der Waals surface area (Å²) < 4.78 is 11.2. The van der Waals surface area contributed by atoms with Crippen LogP contribution in [0.3, 0.4) is 0 Å². The Kier molecular flexibility index (Phi) is 1.84. The lowest BCUT2D eigenvalue weighted by atomic mass is 10.4. The summed E-state index contributed by atoms with van der Waals surface area (Å²) >= 11 is 0. The van der Waals surface area contributed by atoms with Gasteiger partial charge in [0.15, 0.2) is 12.0 Å². The topological polar surface area (TPSA) is 96.4 Å². The Morgan fingerprint density at radius 3 is 3.07 bits per heavy atom. The lowest BCUT2D eigenvalue weighted by molar-refractivity contribution is -0.118. The fourth-order valence-corrected chi connectivity index (χ4v) is 1.20. The van der Waals surface area contributed by atoms with Crippen molar-refractivity contribution in [2.45, 2.75) is 6.54 Å². The quantitative estimate of drug-likeness (QED) is 0.621. The number of amides is 1. The molecule has 7 nitrogen and oxygen atoms in total. The summed E-state index contributed by atoms with van der Waals surface area (Å²) in [6.07, 6.45) is 0.533. The number of primary amides is 1. The summed E-state index contributed by atoms with van der Waals surface area (Å²) in [5.41, 5.74) is 5.09. The minimum Gasteiger partial charge on any atom is -0.449 e. The minimum atomic E-state index is -0.566. The molecule has 1 aromatic rings. The van der Waals surface area contributed by atoms with Gasteiger partial charge in [-0.1, -0.05) is 0 Å². The van der Waals surface area contributed by atoms with Crippen molar-refractivity contribution < 1.29 is 19.1 Å². The molecule has 1 aromatic heterocycles. The SMILES string of the molecule is NC(=O)Cn1nc(C=O)c2c1OCO2. The van der Waals surface area contributed by atoms with Crippen molar-refractivity contribution >= 4 is 12.2 Å². The molecule has 1 amide bonds. The maximum atomic E-state index is 10.6. The third-order valence-corrected chi connectivity index (χ3v) is 1.71. The van der Waals surface area contributed by atoms with E-state index in [4.69, 9.17) is 15.2 Å². The first kappa shape index (κ1) is 8.54. The number of hydrogen-bond donors (Lipinski definition) is 1. The Hall–Kier alpha value is -2.05. The number of aldehydes is 1. The fourth-order valence-electron chi connectivity index (χ4n) is 1.20. The van der Waals surface area contributed by atoms with E-state index in [0.717, 1.165) is 0 Å². The van der Waals surface area contributed by atoms with Crippen molar-refractivity contribution in [2.24, 2.45) is 5.73 Å². The molecule has 0 aromatic carbocycles. The van der Waals surface area contributed by atoms with Crippen LogP contribution >= 0.6 is 0 Å². The molecule has 2 rings (SSSR count). The van der Waals surface area contributed by atoms with Crippen LogP contribution in [-0.2, 0) is 11.3 Å². The van der Waals surface area contributed by atoms with Gasteiger partial charge in [0.1, 0.15) is 6.54 Å². The van der Waals surface area contributed by atoms with Crippen molar-refractivity contribution in [3.05, 3.63) is 5.69 Å². The highest BCUT2D eigenvalue weighted by molar-refractivity contribution is 5.79. The molecule has 0 fully saturated rings. The number of ether oxygens (including phenoxy) is 2. The minimum absolute atomic E-state index is 0.0206. The number of carbonyl (C=O) groups excluding carboxylic acids is 2. The van der Waals surface area contributed by atoms with Gasteiger partial charge in [-0.25, -0.2) is 4.68 Å². The summed E-state index contributed by atoms with van der Waals surface area (Å²) in [5, 5.41) is 3.79. The molecule has 0 saturated carbocycles. The molecule has 0 saturated heterocycles. The zero-order chi connectivity index (χ0) is 10.1. The predicted molar refractivity (Wildman–Crippen MR) is 42.9 cm³/mol. The maximum Gasteiger partial charge on any atom is 0.260 e. The molecule has 7 heteroatoms. The third-order valence-electron chi connectivity index (χ3n) is 1.71. The predicted octanol–water partition coefficient (Wildman–Crippen LogP) is -1.09. The van der Waals surface area contributed by atoms with Crippen molar-refractivity contribution in [3.63, 3.8) is 0 Å². The van der Waals surface area contributed by atoms with Crippen LogP contribution in [0.15, 0.2) is 0 Å². The van der Waals surface area contributed by atoms with E-state index in [1.165, 1.54) is 4.68 Å². The number of fused-ring (bicyclic) bond motifs is 1. The highest BCUT2D eigenvalue weighted by Gasteiger charge is 2.26. The fraction of sp³-hybridized carbons (Fsp3) is 0.286. The van der Waals surface area contributed by atoms with E-state index in [9.17, 15) is 9.59 Å². The van der Waals surface area contributed by atoms with Crippen LogP contribution in [0.1, 0.15) is 10.5 Å². The zero-order valence-corrected chi connectivity index (χ0v) is 7.10. The van der Waals surface area contributed by atoms with E-state index in [-0.39, 0.29) is 30.7 Å². The van der Waals surface area contributed by atoms with Crippen LogP contribution < -0.4 is 15.2 Å². The van der Waals surface area contributed by atoms with Gasteiger partial charge in [0.05, 0.1) is 0 Å². The monoisotopic (exact) mass is 197 g/mol. The van der Waals surface area contributed by atoms with Crippen molar-refractivity contribution in [3.8, 4) is 11.6 Å². The second-order valence-electron chi connectivity index (χ2n) is 2.67. The first-order chi connectivity index (χ1) is 6.72. The van der Waals surface area contributed by atoms with Gasteiger partial charge in [-0.15, -0.1) is 0 Å². The van der Waals surface area contributed by atoms with E-state index in [1.807, 2.05) is 0 Å². The number of nitrogens with two attached hydrogens (primary N) is 1. The molecule has 0 unspecified atom stereocenters. The van der Waals surface area contributed by atoms with Crippen molar-refractivity contribution in [1.82, 2.24) is 9.78 Å². The molecule has 0 aliphatic carbocycles. The molecule has 2 heterocycles. The van der Waals surface area contributed by atoms with E-state index >= 15 is 0 Å². The van der Waals surface area contributed by atoms with Gasteiger partial charge in [0, 0.05) is 0 Å². The van der Waals surface area contributed by atoms with Crippen LogP contribution in [0.25, 0.3) is 0 Å². The average Bonchev–Trinajstić information content (AvgIpc) is 2.67. The van der Waals surface area contributed by atoms with E-state index in [2.05, 4.69) is 5.10 Å². The summed E-state index contributed by atoms with van der Waals surface area (Å²) in [4.78, 5) is 21.2. The molecule has 0 spiro atoms. The van der Waals surface area contributed by atoms with Crippen LogP contribution in [-0.4, -0.2) is 28.8 Å². The Morgan fingerprint density at radius 1 is 1.64 bits per heavy atom. The third kappa shape index (κ3) is 1.18. The largest absolute Gasteiger partial charge is 0.449 e. The second-order valence-corrected chi connectivity index (χ2v) is 2.67. The van der Waals surface area contributed by atoms with Crippen LogP contribution in [0.2, 0.25) is 0 Å². The Bertz CT molecular complexity index is 398. The summed E-state index contributed by atoms with van der Waals surface area (Å²) in [6.45, 7) is -0.119. The molecule has 2 N–H and O–H groups in total. The van der Waals surface area contributed by atoms with Gasteiger partial charge in [0.2, 0.25) is 18.4 Å². The van der Waals surface area contributed by atoms with Gasteiger partial charge < -0.3 is 15.2 Å². The summed E-state index contributed by atoms with van der Waals surface area (Å²) in [5.74, 6) is -0.0320. The first-order valence-electron chi connectivity index (χ1n) is 3.82. The molecule has 1 aliphatic rings. The highest BCUT2D eigenvalue weighted by atomic mass is 16.7. The van der Waals surface area contributed by atoms with Gasteiger partial charge in [-0.3, -0.25) is 9.59 Å². The van der Waals surface area contributed by atoms with E-state index in [0.29, 0.717) is 6.29 Å². The molecule has 74 valence electrons. The summed E-state index contributed by atoms with van der Waals surface area (Å²) in [6, 6.07) is 0. The van der Waals surface area contributed by atoms with Crippen LogP contribution in [0.4, 0.5) is 0 Å². The van der Waals surface area contributed by atoms with Crippen molar-refractivity contribution in [2.75, 3.05) is 6.79 Å². The van der Waals surface area contributed by atoms with E-state index in [1.54, 1.807) is 0 Å². The van der Waals surface area contributed by atoms with E-state index < -0.39 is 5.91 Å². The number of aromatic nitrogens is 2. The number of nitrogens with zero attached hydrogens (tertiary/aromatic N) is 2. The molecule has 14 heavy (non-hydrogen) atoms. The summed E-state index contributed by atoms with van der Waals surface area (Å²) in [7, 11) is 0. The number of rotatable bonds is 3. The lowest BCUT2D eigenvalue weighted by Crippen LogP contribution is -2.20. The molecular formula is C7H7N3O4. The van der Waals surface area contributed by atoms with Crippen LogP contribution in [0.5, 0.6) is 11.6 Å². The smallest absolute Gasteiger partial charge is 0.260 e. The normalized spacial score (nSPS) is 12.9. The molecule has 1 aliphatic heterocycles. The van der Waals surface area contributed by atoms with Crippen LogP contribution in [0, 0.1) is 0 Å². The molecule has 0 radical (unpaired) electrons. The van der Waals surface area contributed by atoms with Gasteiger partial charge >= 0.3 is 0 Å². The highest BCUT2D eigenvalue weighted by Crippen LogP contribution is 2.34. The van der Waals surface area contributed by atoms with Gasteiger partial charge in [-0.2, -0.15) is 5.10 Å². The Morgan fingerprint density at radius 2 is 2.43 bits per heavy atom.